The van der Waals surface area contributed by atoms with Gasteiger partial charge in [0.2, 0.25) is 11.8 Å². The summed E-state index contributed by atoms with van der Waals surface area (Å²) in [4.78, 5) is 60.8. The van der Waals surface area contributed by atoms with E-state index in [1.54, 1.807) is 55.6 Å². The molecule has 0 bridgehead atoms. The summed E-state index contributed by atoms with van der Waals surface area (Å²) in [6, 6.07) is 30.4. The second kappa shape index (κ2) is 13.5. The average Bonchev–Trinajstić information content (AvgIpc) is 3.60. The molecule has 1 saturated carbocycles. The fourth-order valence-electron chi connectivity index (χ4n) is 9.83. The standard InChI is InChI=1S/C45H37Cl2N3O6/c1-3-24-8-14-28(15-9-24)49-41(52)32-20-19-31-34(38(32)43(49)54)23-35-42(53)50(48-37-21-13-27(46)22-36(37)47)44(55)45(35,26-11-16-29(56-2)17-12-26)39(31)33-18-10-25-6-4-5-7-30(25)40(33)51/h4-19,21-22,32,34-35,38-39,48,51H,3,20,23H2,1-2H3. The lowest BCUT2D eigenvalue weighted by atomic mass is 9.49. The lowest BCUT2D eigenvalue weighted by Crippen LogP contribution is -2.53. The molecule has 9 nitrogen and oxygen atoms in total. The summed E-state index contributed by atoms with van der Waals surface area (Å²) >= 11 is 12.8. The number of imide groups is 2. The first-order chi connectivity index (χ1) is 27.1. The topological polar surface area (TPSA) is 116 Å². The Balaban J connectivity index is 1.26. The second-order valence-electron chi connectivity index (χ2n) is 15.0. The summed E-state index contributed by atoms with van der Waals surface area (Å²) in [5.41, 5.74) is 5.01. The number of hydrazine groups is 1. The summed E-state index contributed by atoms with van der Waals surface area (Å²) in [6.45, 7) is 2.04. The molecule has 0 aromatic heterocycles. The van der Waals surface area contributed by atoms with Crippen LogP contribution in [0.25, 0.3) is 10.8 Å². The first-order valence-corrected chi connectivity index (χ1v) is 19.5. The van der Waals surface area contributed by atoms with Crippen LogP contribution in [0.5, 0.6) is 11.5 Å². The number of carbonyl (C=O) groups excluding carboxylic acids is 4. The third-order valence-electron chi connectivity index (χ3n) is 12.4. The average molecular weight is 787 g/mol. The van der Waals surface area contributed by atoms with Crippen LogP contribution >= 0.6 is 23.2 Å². The van der Waals surface area contributed by atoms with E-state index >= 15 is 9.59 Å². The van der Waals surface area contributed by atoms with Crippen LogP contribution in [0.1, 0.15) is 42.4 Å². The number of phenolic OH excluding ortho intramolecular Hbond substituents is 1. The molecule has 5 aromatic carbocycles. The van der Waals surface area contributed by atoms with Gasteiger partial charge in [-0.15, -0.1) is 0 Å². The number of halogens is 2. The Kier molecular flexibility index (Phi) is 8.71. The zero-order valence-corrected chi connectivity index (χ0v) is 32.1. The highest BCUT2D eigenvalue weighted by Gasteiger charge is 2.70. The van der Waals surface area contributed by atoms with Gasteiger partial charge in [-0.25, -0.2) is 0 Å². The number of nitrogens with one attached hydrogen (secondary N) is 1. The molecule has 56 heavy (non-hydrogen) atoms. The van der Waals surface area contributed by atoms with E-state index < -0.39 is 46.8 Å². The number of carbonyl (C=O) groups is 4. The number of allylic oxidation sites excluding steroid dienone is 2. The van der Waals surface area contributed by atoms with E-state index in [0.29, 0.717) is 38.7 Å². The minimum Gasteiger partial charge on any atom is -0.507 e. The third kappa shape index (κ3) is 5.20. The van der Waals surface area contributed by atoms with Gasteiger partial charge in [0.1, 0.15) is 11.5 Å². The molecular weight excluding hydrogens is 749 g/mol. The van der Waals surface area contributed by atoms with Crippen molar-refractivity contribution < 1.29 is 29.0 Å². The van der Waals surface area contributed by atoms with E-state index in [0.717, 1.165) is 28.0 Å². The van der Waals surface area contributed by atoms with Gasteiger partial charge in [-0.1, -0.05) is 102 Å². The quantitative estimate of drug-likeness (QED) is 0.125. The zero-order valence-electron chi connectivity index (χ0n) is 30.5. The summed E-state index contributed by atoms with van der Waals surface area (Å²) in [6.07, 6.45) is 3.14. The van der Waals surface area contributed by atoms with Gasteiger partial charge in [0, 0.05) is 21.9 Å². The SMILES string of the molecule is CCc1ccc(N2C(=O)C3CC=C4C(CC5C(=O)N(Nc6ccc(Cl)cc6Cl)C(=O)C5(c5ccc(OC)cc5)C4c4ccc5ccccc5c4O)C3C2=O)cc1. The Morgan fingerprint density at radius 1 is 0.857 bits per heavy atom. The normalized spacial score (nSPS) is 25.6. The minimum absolute atomic E-state index is 0.0257. The zero-order chi connectivity index (χ0) is 39.0. The highest BCUT2D eigenvalue weighted by molar-refractivity contribution is 6.36. The number of methoxy groups -OCH3 is 1. The van der Waals surface area contributed by atoms with E-state index in [1.165, 1.54) is 11.0 Å². The Hall–Kier alpha value is -5.64. The molecule has 282 valence electrons. The molecule has 2 N–H and O–H groups in total. The van der Waals surface area contributed by atoms with Gasteiger partial charge < -0.3 is 9.84 Å². The van der Waals surface area contributed by atoms with Gasteiger partial charge in [-0.05, 0) is 84.2 Å². The maximum atomic E-state index is 15.6. The van der Waals surface area contributed by atoms with Crippen LogP contribution in [0, 0.1) is 23.7 Å². The van der Waals surface area contributed by atoms with Crippen molar-refractivity contribution in [3.05, 3.63) is 142 Å². The van der Waals surface area contributed by atoms with Crippen molar-refractivity contribution in [3.63, 3.8) is 0 Å². The number of hydrogen-bond donors (Lipinski definition) is 2. The number of rotatable bonds is 7. The molecule has 2 heterocycles. The molecule has 2 aliphatic heterocycles. The van der Waals surface area contributed by atoms with Crippen LogP contribution < -0.4 is 15.1 Å². The maximum Gasteiger partial charge on any atom is 0.260 e. The van der Waals surface area contributed by atoms with Crippen molar-refractivity contribution in [1.82, 2.24) is 5.01 Å². The van der Waals surface area contributed by atoms with Crippen LogP contribution in [0.2, 0.25) is 10.0 Å². The predicted molar refractivity (Wildman–Crippen MR) is 215 cm³/mol. The van der Waals surface area contributed by atoms with Crippen LogP contribution in [0.4, 0.5) is 11.4 Å². The van der Waals surface area contributed by atoms with Crippen molar-refractivity contribution in [2.75, 3.05) is 17.4 Å². The van der Waals surface area contributed by atoms with Crippen molar-refractivity contribution >= 4 is 69.0 Å². The highest BCUT2D eigenvalue weighted by atomic mass is 35.5. The molecular formula is C45H37Cl2N3O6. The number of aryl methyl sites for hydroxylation is 1. The number of anilines is 2. The third-order valence-corrected chi connectivity index (χ3v) is 13.0. The molecule has 5 aromatic rings. The monoisotopic (exact) mass is 785 g/mol. The fourth-order valence-corrected chi connectivity index (χ4v) is 10.3. The molecule has 0 spiro atoms. The summed E-state index contributed by atoms with van der Waals surface area (Å²) in [7, 11) is 1.55. The van der Waals surface area contributed by atoms with Crippen molar-refractivity contribution in [2.24, 2.45) is 23.7 Å². The van der Waals surface area contributed by atoms with Crippen molar-refractivity contribution in [3.8, 4) is 11.5 Å². The van der Waals surface area contributed by atoms with Gasteiger partial charge in [-0.2, -0.15) is 5.01 Å². The van der Waals surface area contributed by atoms with Crippen LogP contribution in [-0.2, 0) is 31.0 Å². The van der Waals surface area contributed by atoms with E-state index in [-0.39, 0.29) is 35.4 Å². The summed E-state index contributed by atoms with van der Waals surface area (Å²) < 4.78 is 5.50. The van der Waals surface area contributed by atoms with Gasteiger partial charge in [0.15, 0.2) is 0 Å². The molecule has 3 fully saturated rings. The Morgan fingerprint density at radius 2 is 1.61 bits per heavy atom. The van der Waals surface area contributed by atoms with E-state index in [4.69, 9.17) is 27.9 Å². The van der Waals surface area contributed by atoms with Crippen molar-refractivity contribution in [2.45, 2.75) is 37.5 Å². The van der Waals surface area contributed by atoms with Gasteiger partial charge in [0.05, 0.1) is 46.7 Å². The van der Waals surface area contributed by atoms with Crippen molar-refractivity contribution in [1.29, 1.82) is 0 Å². The largest absolute Gasteiger partial charge is 0.507 e. The molecule has 6 unspecified atom stereocenters. The van der Waals surface area contributed by atoms with Crippen LogP contribution in [-0.4, -0.2) is 40.9 Å². The van der Waals surface area contributed by atoms with Crippen LogP contribution in [0.15, 0.2) is 115 Å². The van der Waals surface area contributed by atoms with E-state index in [2.05, 4.69) is 5.43 Å². The smallest absolute Gasteiger partial charge is 0.260 e. The highest BCUT2D eigenvalue weighted by Crippen LogP contribution is 2.65. The van der Waals surface area contributed by atoms with E-state index in [9.17, 15) is 14.7 Å². The Morgan fingerprint density at radius 3 is 2.32 bits per heavy atom. The number of fused-ring (bicyclic) bond motifs is 5. The number of aromatic hydroxyl groups is 1. The number of hydrogen-bond acceptors (Lipinski definition) is 7. The van der Waals surface area contributed by atoms with Gasteiger partial charge in [-0.3, -0.25) is 29.5 Å². The molecule has 2 aliphatic carbocycles. The molecule has 6 atom stereocenters. The molecule has 9 rings (SSSR count). The lowest BCUT2D eigenvalue weighted by Gasteiger charge is -2.50. The lowest BCUT2D eigenvalue weighted by molar-refractivity contribution is -0.138. The van der Waals surface area contributed by atoms with E-state index in [1.807, 2.05) is 61.5 Å². The van der Waals surface area contributed by atoms with Crippen LogP contribution in [0.3, 0.4) is 0 Å². The number of benzene rings is 5. The molecule has 4 aliphatic rings. The van der Waals surface area contributed by atoms with Gasteiger partial charge in [0.25, 0.3) is 11.8 Å². The molecule has 11 heteroatoms. The minimum atomic E-state index is -1.61. The van der Waals surface area contributed by atoms with Gasteiger partial charge >= 0.3 is 0 Å². The number of nitrogens with zero attached hydrogens (tertiary/aromatic N) is 2. The first-order valence-electron chi connectivity index (χ1n) is 18.7. The number of ether oxygens (including phenoxy) is 1. The summed E-state index contributed by atoms with van der Waals surface area (Å²) in [5.74, 6) is -5.16. The summed E-state index contributed by atoms with van der Waals surface area (Å²) in [5, 5.41) is 15.2. The molecule has 0 radical (unpaired) electrons. The first kappa shape index (κ1) is 36.0. The molecule has 4 amide bonds. The number of phenols is 1. The Bertz CT molecular complexity index is 2500. The predicted octanol–water partition coefficient (Wildman–Crippen LogP) is 8.61. The Labute approximate surface area is 333 Å². The molecule has 2 saturated heterocycles. The second-order valence-corrected chi connectivity index (χ2v) is 15.8. The fraction of sp³-hybridized carbons (Fsp3) is 0.244. The number of amides is 4. The maximum absolute atomic E-state index is 15.6.